The topological polar surface area (TPSA) is 59.4 Å². The average molecular weight is 411 g/mol. The van der Waals surface area contributed by atoms with Crippen molar-refractivity contribution in [3.63, 3.8) is 0 Å². The van der Waals surface area contributed by atoms with Gasteiger partial charge in [-0.15, -0.1) is 24.0 Å². The van der Waals surface area contributed by atoms with Crippen molar-refractivity contribution < 1.29 is 0 Å². The van der Waals surface area contributed by atoms with Crippen molar-refractivity contribution in [2.24, 2.45) is 10.7 Å². The molecule has 2 N–H and O–H groups in total. The number of halogens is 1. The van der Waals surface area contributed by atoms with Gasteiger partial charge in [0.2, 0.25) is 0 Å². The van der Waals surface area contributed by atoms with E-state index in [0.717, 1.165) is 12.1 Å². The SMILES string of the molecule is CN(C(N)=NCc1cnn(Cc2ccccc2)c1)C1CC1.I. The first-order chi connectivity index (χ1) is 10.2. The Morgan fingerprint density at radius 3 is 2.73 bits per heavy atom. The zero-order valence-electron chi connectivity index (χ0n) is 12.7. The highest BCUT2D eigenvalue weighted by Gasteiger charge is 2.27. The zero-order chi connectivity index (χ0) is 14.7. The second-order valence-corrected chi connectivity index (χ2v) is 5.55. The Hall–Kier alpha value is -1.57. The lowest BCUT2D eigenvalue weighted by Crippen LogP contribution is -2.35. The molecule has 3 rings (SSSR count). The minimum Gasteiger partial charge on any atom is -0.370 e. The van der Waals surface area contributed by atoms with Crippen LogP contribution in [0.1, 0.15) is 24.0 Å². The van der Waals surface area contributed by atoms with Crippen molar-refractivity contribution >= 4 is 29.9 Å². The quantitative estimate of drug-likeness (QED) is 0.467. The van der Waals surface area contributed by atoms with Gasteiger partial charge in [-0.05, 0) is 18.4 Å². The Kier molecular flexibility index (Phi) is 5.82. The number of hydrogen-bond donors (Lipinski definition) is 1. The number of aromatic nitrogens is 2. The van der Waals surface area contributed by atoms with E-state index < -0.39 is 0 Å². The molecular weight excluding hydrogens is 389 g/mol. The highest BCUT2D eigenvalue weighted by molar-refractivity contribution is 14.0. The van der Waals surface area contributed by atoms with Crippen LogP contribution in [0.4, 0.5) is 0 Å². The van der Waals surface area contributed by atoms with Gasteiger partial charge in [-0.1, -0.05) is 30.3 Å². The molecule has 5 nitrogen and oxygen atoms in total. The second-order valence-electron chi connectivity index (χ2n) is 5.55. The van der Waals surface area contributed by atoms with E-state index >= 15 is 0 Å². The van der Waals surface area contributed by atoms with Crippen LogP contribution < -0.4 is 5.73 Å². The number of benzene rings is 1. The number of nitrogens with two attached hydrogens (primary N) is 1. The van der Waals surface area contributed by atoms with Crippen molar-refractivity contribution in [2.45, 2.75) is 32.0 Å². The molecule has 6 heteroatoms. The largest absolute Gasteiger partial charge is 0.370 e. The van der Waals surface area contributed by atoms with Crippen LogP contribution in [0.25, 0.3) is 0 Å². The highest BCUT2D eigenvalue weighted by atomic mass is 127. The van der Waals surface area contributed by atoms with Crippen LogP contribution in [0.3, 0.4) is 0 Å². The fraction of sp³-hybridized carbons (Fsp3) is 0.375. The van der Waals surface area contributed by atoms with Gasteiger partial charge in [0.15, 0.2) is 5.96 Å². The Balaban J connectivity index is 0.00000176. The van der Waals surface area contributed by atoms with Gasteiger partial charge in [0.1, 0.15) is 0 Å². The molecule has 1 aliphatic rings. The molecule has 1 fully saturated rings. The minimum absolute atomic E-state index is 0. The maximum absolute atomic E-state index is 5.99. The summed E-state index contributed by atoms with van der Waals surface area (Å²) in [4.78, 5) is 6.51. The lowest BCUT2D eigenvalue weighted by atomic mass is 10.2. The summed E-state index contributed by atoms with van der Waals surface area (Å²) in [6.07, 6.45) is 6.33. The van der Waals surface area contributed by atoms with Crippen LogP contribution in [0, 0.1) is 0 Å². The predicted octanol–water partition coefficient (Wildman–Crippen LogP) is 2.46. The van der Waals surface area contributed by atoms with Gasteiger partial charge >= 0.3 is 0 Å². The van der Waals surface area contributed by atoms with Gasteiger partial charge < -0.3 is 10.6 Å². The molecule has 0 saturated heterocycles. The third-order valence-electron chi connectivity index (χ3n) is 3.75. The lowest BCUT2D eigenvalue weighted by molar-refractivity contribution is 0.487. The summed E-state index contributed by atoms with van der Waals surface area (Å²) in [7, 11) is 2.01. The van der Waals surface area contributed by atoms with Crippen LogP contribution in [-0.2, 0) is 13.1 Å². The number of rotatable bonds is 5. The van der Waals surface area contributed by atoms with Crippen molar-refractivity contribution in [1.82, 2.24) is 14.7 Å². The van der Waals surface area contributed by atoms with E-state index in [2.05, 4.69) is 27.1 Å². The first kappa shape index (κ1) is 16.8. The van der Waals surface area contributed by atoms with E-state index in [4.69, 9.17) is 5.73 Å². The third kappa shape index (κ3) is 4.46. The molecule has 0 amide bonds. The Morgan fingerprint density at radius 2 is 2.05 bits per heavy atom. The normalized spacial score (nSPS) is 14.5. The molecule has 1 aromatic carbocycles. The van der Waals surface area contributed by atoms with Crippen molar-refractivity contribution in [2.75, 3.05) is 7.05 Å². The first-order valence-electron chi connectivity index (χ1n) is 7.30. The molecule has 0 unspecified atom stereocenters. The summed E-state index contributed by atoms with van der Waals surface area (Å²) < 4.78 is 1.93. The number of nitrogens with zero attached hydrogens (tertiary/aromatic N) is 4. The standard InChI is InChI=1S/C16H21N5.HI/c1-20(15-7-8-15)16(17)18-9-14-10-19-21(12-14)11-13-5-3-2-4-6-13;/h2-6,10,12,15H,7-9,11H2,1H3,(H2,17,18);1H. The number of aliphatic imine (C=N–C) groups is 1. The molecular formula is C16H22IN5. The number of guanidine groups is 1. The summed E-state index contributed by atoms with van der Waals surface area (Å²) in [5.41, 5.74) is 8.31. The molecule has 22 heavy (non-hydrogen) atoms. The van der Waals surface area contributed by atoms with Gasteiger partial charge in [0, 0.05) is 24.8 Å². The highest BCUT2D eigenvalue weighted by Crippen LogP contribution is 2.24. The van der Waals surface area contributed by atoms with Crippen LogP contribution in [-0.4, -0.2) is 33.7 Å². The average Bonchev–Trinajstić information content (AvgIpc) is 3.26. The molecule has 2 aromatic rings. The maximum atomic E-state index is 5.99. The molecule has 1 aliphatic carbocycles. The summed E-state index contributed by atoms with van der Waals surface area (Å²) >= 11 is 0. The van der Waals surface area contributed by atoms with E-state index in [1.807, 2.05) is 42.3 Å². The van der Waals surface area contributed by atoms with Gasteiger partial charge in [-0.3, -0.25) is 4.68 Å². The molecule has 0 bridgehead atoms. The Bertz CT molecular complexity index is 618. The second kappa shape index (κ2) is 7.62. The van der Waals surface area contributed by atoms with Gasteiger partial charge in [-0.2, -0.15) is 5.10 Å². The molecule has 0 radical (unpaired) electrons. The molecule has 1 heterocycles. The summed E-state index contributed by atoms with van der Waals surface area (Å²) in [6, 6.07) is 10.9. The van der Waals surface area contributed by atoms with Gasteiger partial charge in [0.05, 0.1) is 19.3 Å². The zero-order valence-corrected chi connectivity index (χ0v) is 15.1. The van der Waals surface area contributed by atoms with E-state index in [0.29, 0.717) is 18.5 Å². The first-order valence-corrected chi connectivity index (χ1v) is 7.30. The van der Waals surface area contributed by atoms with Crippen LogP contribution in [0.5, 0.6) is 0 Å². The third-order valence-corrected chi connectivity index (χ3v) is 3.75. The van der Waals surface area contributed by atoms with E-state index in [9.17, 15) is 0 Å². The van der Waals surface area contributed by atoms with E-state index in [-0.39, 0.29) is 24.0 Å². The fourth-order valence-corrected chi connectivity index (χ4v) is 2.28. The molecule has 0 spiro atoms. The Morgan fingerprint density at radius 1 is 1.32 bits per heavy atom. The summed E-state index contributed by atoms with van der Waals surface area (Å²) in [5, 5.41) is 4.37. The fourth-order valence-electron chi connectivity index (χ4n) is 2.28. The van der Waals surface area contributed by atoms with Crippen molar-refractivity contribution in [3.8, 4) is 0 Å². The van der Waals surface area contributed by atoms with Gasteiger partial charge in [-0.25, -0.2) is 4.99 Å². The summed E-state index contributed by atoms with van der Waals surface area (Å²) in [6.45, 7) is 1.36. The summed E-state index contributed by atoms with van der Waals surface area (Å²) in [5.74, 6) is 0.619. The molecule has 1 saturated carbocycles. The van der Waals surface area contributed by atoms with Gasteiger partial charge in [0.25, 0.3) is 0 Å². The molecule has 118 valence electrons. The Labute approximate surface area is 148 Å². The smallest absolute Gasteiger partial charge is 0.191 e. The van der Waals surface area contributed by atoms with Crippen molar-refractivity contribution in [3.05, 3.63) is 53.9 Å². The monoisotopic (exact) mass is 411 g/mol. The van der Waals surface area contributed by atoms with Crippen molar-refractivity contribution in [1.29, 1.82) is 0 Å². The van der Waals surface area contributed by atoms with Crippen LogP contribution in [0.2, 0.25) is 0 Å². The molecule has 1 aromatic heterocycles. The van der Waals surface area contributed by atoms with E-state index in [1.54, 1.807) is 0 Å². The predicted molar refractivity (Wildman–Crippen MR) is 99.3 cm³/mol. The van der Waals surface area contributed by atoms with Crippen LogP contribution in [0.15, 0.2) is 47.7 Å². The lowest BCUT2D eigenvalue weighted by Gasteiger charge is -2.16. The molecule has 0 aliphatic heterocycles. The minimum atomic E-state index is 0. The van der Waals surface area contributed by atoms with E-state index in [1.165, 1.54) is 18.4 Å². The van der Waals surface area contributed by atoms with Crippen LogP contribution >= 0.6 is 24.0 Å². The number of hydrogen-bond acceptors (Lipinski definition) is 2. The maximum Gasteiger partial charge on any atom is 0.191 e. The molecule has 0 atom stereocenters.